The van der Waals surface area contributed by atoms with Crippen molar-refractivity contribution in [3.05, 3.63) is 83.4 Å². The van der Waals surface area contributed by atoms with E-state index in [0.717, 1.165) is 30.8 Å². The van der Waals surface area contributed by atoms with Crippen LogP contribution in [0.5, 0.6) is 0 Å². The van der Waals surface area contributed by atoms with E-state index in [2.05, 4.69) is 62.5 Å². The molecule has 3 atom stereocenters. The zero-order valence-electron chi connectivity index (χ0n) is 24.0. The van der Waals surface area contributed by atoms with Gasteiger partial charge in [-0.1, -0.05) is 43.3 Å². The number of hydrogen-bond donors (Lipinski definition) is 3. The van der Waals surface area contributed by atoms with Crippen LogP contribution in [0.1, 0.15) is 52.5 Å². The molecule has 0 radical (unpaired) electrons. The molecule has 11 heteroatoms. The van der Waals surface area contributed by atoms with Crippen LogP contribution in [0.25, 0.3) is 5.65 Å². The minimum absolute atomic E-state index is 0.0564. The number of amides is 1. The smallest absolute Gasteiger partial charge is 0.354 e. The Balaban J connectivity index is 1.16. The van der Waals surface area contributed by atoms with E-state index in [1.165, 1.54) is 11.6 Å². The number of carboxylic acids is 1. The van der Waals surface area contributed by atoms with Crippen molar-refractivity contribution in [2.75, 3.05) is 42.9 Å². The van der Waals surface area contributed by atoms with Gasteiger partial charge in [-0.15, -0.1) is 5.10 Å². The maximum atomic E-state index is 13.5. The number of pyridine rings is 2. The summed E-state index contributed by atoms with van der Waals surface area (Å²) in [6, 6.07) is 17.4. The molecule has 5 heterocycles. The quantitative estimate of drug-likeness (QED) is 0.306. The Morgan fingerprint density at radius 2 is 1.86 bits per heavy atom. The van der Waals surface area contributed by atoms with Crippen LogP contribution < -0.4 is 10.2 Å². The number of carbonyl (C=O) groups is 2. The molecule has 218 valence electrons. The number of rotatable bonds is 7. The van der Waals surface area contributed by atoms with Crippen LogP contribution >= 0.6 is 0 Å². The van der Waals surface area contributed by atoms with Crippen molar-refractivity contribution in [1.29, 1.82) is 0 Å². The maximum Gasteiger partial charge on any atom is 0.354 e. The first-order chi connectivity index (χ1) is 20.0. The summed E-state index contributed by atoms with van der Waals surface area (Å²) in [4.78, 5) is 37.3. The molecular weight excluding hydrogens is 534 g/mol. The zero-order valence-corrected chi connectivity index (χ0v) is 24.0. The van der Waals surface area contributed by atoms with Crippen molar-refractivity contribution >= 4 is 29.0 Å². The fourth-order valence-electron chi connectivity index (χ4n) is 6.16. The van der Waals surface area contributed by atoms with E-state index in [-0.39, 0.29) is 35.3 Å². The number of carbonyl (C=O) groups excluding carboxylic acids is 1. The number of likely N-dealkylation sites (tertiary alicyclic amines) is 1. The van der Waals surface area contributed by atoms with Gasteiger partial charge in [-0.05, 0) is 49.6 Å². The molecule has 2 aliphatic rings. The Kier molecular flexibility index (Phi) is 6.84. The van der Waals surface area contributed by atoms with Crippen LogP contribution in [0.15, 0.2) is 60.8 Å². The van der Waals surface area contributed by atoms with E-state index in [4.69, 9.17) is 0 Å². The van der Waals surface area contributed by atoms with Crippen LogP contribution in [-0.4, -0.2) is 84.9 Å². The van der Waals surface area contributed by atoms with E-state index in [9.17, 15) is 19.8 Å². The van der Waals surface area contributed by atoms with Crippen molar-refractivity contribution in [2.45, 2.75) is 38.2 Å². The second-order valence-electron chi connectivity index (χ2n) is 12.0. The average molecular weight is 570 g/mol. The summed E-state index contributed by atoms with van der Waals surface area (Å²) in [5, 5.41) is 28.0. The predicted octanol–water partition coefficient (Wildman–Crippen LogP) is 3.23. The molecule has 0 saturated carbocycles. The number of aromatic nitrogens is 4. The van der Waals surface area contributed by atoms with Crippen molar-refractivity contribution in [1.82, 2.24) is 24.5 Å². The largest absolute Gasteiger partial charge is 0.477 e. The Labute approximate surface area is 243 Å². The number of carboxylic acid groups (broad SMARTS) is 1. The first-order valence-electron chi connectivity index (χ1n) is 14.2. The van der Waals surface area contributed by atoms with E-state index >= 15 is 0 Å². The number of nitrogens with zero attached hydrogens (tertiary/aromatic N) is 6. The number of aryl methyl sites for hydroxylation is 1. The van der Waals surface area contributed by atoms with Gasteiger partial charge in [0, 0.05) is 44.1 Å². The summed E-state index contributed by atoms with van der Waals surface area (Å²) in [6.45, 7) is 8.52. The van der Waals surface area contributed by atoms with Gasteiger partial charge in [-0.25, -0.2) is 19.3 Å². The summed E-state index contributed by atoms with van der Waals surface area (Å²) in [5.74, 6) is -1.28. The highest BCUT2D eigenvalue weighted by molar-refractivity contribution is 5.91. The maximum absolute atomic E-state index is 13.5. The lowest BCUT2D eigenvalue weighted by molar-refractivity contribution is 0.0333. The molecule has 2 saturated heterocycles. The highest BCUT2D eigenvalue weighted by atomic mass is 16.4. The number of benzene rings is 1. The van der Waals surface area contributed by atoms with Gasteiger partial charge in [0.1, 0.15) is 5.82 Å². The second-order valence-corrected chi connectivity index (χ2v) is 12.0. The van der Waals surface area contributed by atoms with Gasteiger partial charge >= 0.3 is 5.97 Å². The molecule has 11 nitrogen and oxygen atoms in total. The lowest BCUT2D eigenvalue weighted by Crippen LogP contribution is -2.38. The number of anilines is 2. The van der Waals surface area contributed by atoms with Gasteiger partial charge in [0.2, 0.25) is 5.82 Å². The molecule has 2 aliphatic heterocycles. The highest BCUT2D eigenvalue weighted by Gasteiger charge is 2.44. The second kappa shape index (κ2) is 10.4. The number of nitrogens with one attached hydrogen (secondary N) is 1. The molecule has 4 aromatic rings. The van der Waals surface area contributed by atoms with Crippen LogP contribution in [0.2, 0.25) is 0 Å². The molecule has 0 bridgehead atoms. The van der Waals surface area contributed by atoms with Crippen LogP contribution in [0.4, 0.5) is 11.5 Å². The molecule has 0 aliphatic carbocycles. The van der Waals surface area contributed by atoms with Gasteiger partial charge in [-0.3, -0.25) is 4.79 Å². The topological polar surface area (TPSA) is 136 Å². The minimum atomic E-state index is -1.16. The Morgan fingerprint density at radius 3 is 2.62 bits per heavy atom. The standard InChI is InChI=1S/C31H35N7O4/c1-20-14-23(36-13-12-30(2,18-36)21-8-5-4-6-9-21)17-38-27(20)34-26(35-38)28(39)37-16-22(31(3,42)19-37)15-32-25-11-7-10-24(33-25)29(40)41/h4-11,14,17,22,42H,12-13,15-16,18-19H2,1-3H3,(H,32,33)(H,40,41)/t22?,30-,31?/m0/s1. The molecule has 1 amide bonds. The Hall–Kier alpha value is -4.51. The zero-order chi connectivity index (χ0) is 29.6. The van der Waals surface area contributed by atoms with E-state index in [1.54, 1.807) is 28.5 Å². The van der Waals surface area contributed by atoms with Crippen molar-refractivity contribution in [3.63, 3.8) is 0 Å². The molecule has 1 aromatic carbocycles. The molecule has 0 spiro atoms. The molecule has 3 aromatic heterocycles. The normalized spacial score (nSPS) is 24.0. The van der Waals surface area contributed by atoms with Crippen molar-refractivity contribution < 1.29 is 19.8 Å². The van der Waals surface area contributed by atoms with Crippen LogP contribution in [0.3, 0.4) is 0 Å². The number of hydrogen-bond acceptors (Lipinski definition) is 8. The van der Waals surface area contributed by atoms with Gasteiger partial charge in [0.25, 0.3) is 5.91 Å². The third-order valence-corrected chi connectivity index (χ3v) is 8.72. The van der Waals surface area contributed by atoms with E-state index < -0.39 is 11.6 Å². The lowest BCUT2D eigenvalue weighted by atomic mass is 9.82. The van der Waals surface area contributed by atoms with Gasteiger partial charge in [0.05, 0.1) is 17.5 Å². The summed E-state index contributed by atoms with van der Waals surface area (Å²) < 4.78 is 1.68. The third kappa shape index (κ3) is 5.16. The molecule has 2 unspecified atom stereocenters. The number of β-amino-alcohol motifs (C(OH)–C–C–N with tert-alkyl or cyclic N) is 1. The van der Waals surface area contributed by atoms with Gasteiger partial charge in [0.15, 0.2) is 11.3 Å². The minimum Gasteiger partial charge on any atom is -0.477 e. The average Bonchev–Trinajstić information content (AvgIpc) is 3.67. The fraction of sp³-hybridized carbons (Fsp3) is 0.387. The lowest BCUT2D eigenvalue weighted by Gasteiger charge is -2.26. The Bertz CT molecular complexity index is 1650. The van der Waals surface area contributed by atoms with Crippen molar-refractivity contribution in [3.8, 4) is 0 Å². The van der Waals surface area contributed by atoms with E-state index in [0.29, 0.717) is 24.6 Å². The first kappa shape index (κ1) is 27.6. The fourth-order valence-corrected chi connectivity index (χ4v) is 6.16. The third-order valence-electron chi connectivity index (χ3n) is 8.72. The SMILES string of the molecule is Cc1cc(N2CC[C@](C)(c3ccccc3)C2)cn2nc(C(=O)N3CC(CNc4cccc(C(=O)O)n4)C(C)(O)C3)nc12. The number of aromatic carboxylic acids is 1. The number of aliphatic hydroxyl groups is 1. The van der Waals surface area contributed by atoms with Crippen LogP contribution in [-0.2, 0) is 5.41 Å². The summed E-state index contributed by atoms with van der Waals surface area (Å²) in [5.41, 5.74) is 2.76. The molecular formula is C31H35N7O4. The molecule has 42 heavy (non-hydrogen) atoms. The monoisotopic (exact) mass is 569 g/mol. The summed E-state index contributed by atoms with van der Waals surface area (Å²) in [7, 11) is 0. The van der Waals surface area contributed by atoms with Gasteiger partial charge in [-0.2, -0.15) is 0 Å². The highest BCUT2D eigenvalue weighted by Crippen LogP contribution is 2.37. The summed E-state index contributed by atoms with van der Waals surface area (Å²) >= 11 is 0. The van der Waals surface area contributed by atoms with Crippen molar-refractivity contribution in [2.24, 2.45) is 5.92 Å². The number of fused-ring (bicyclic) bond motifs is 1. The Morgan fingerprint density at radius 1 is 1.07 bits per heavy atom. The van der Waals surface area contributed by atoms with E-state index in [1.807, 2.05) is 19.2 Å². The molecule has 6 rings (SSSR count). The summed E-state index contributed by atoms with van der Waals surface area (Å²) in [6.07, 6.45) is 2.98. The van der Waals surface area contributed by atoms with Crippen LogP contribution in [0, 0.1) is 12.8 Å². The molecule has 3 N–H and O–H groups in total. The first-order valence-corrected chi connectivity index (χ1v) is 14.2. The predicted molar refractivity (Wildman–Crippen MR) is 158 cm³/mol. The molecule has 2 fully saturated rings. The van der Waals surface area contributed by atoms with Gasteiger partial charge < -0.3 is 25.3 Å².